The van der Waals surface area contributed by atoms with Gasteiger partial charge in [-0.05, 0) is 36.6 Å². The van der Waals surface area contributed by atoms with E-state index in [9.17, 15) is 0 Å². The number of hydrogen-bond donors (Lipinski definition) is 0. The molecule has 2 aliphatic rings. The quantitative estimate of drug-likeness (QED) is 0.689. The summed E-state index contributed by atoms with van der Waals surface area (Å²) in [6.45, 7) is 5.64. The molecule has 0 unspecified atom stereocenters. The Morgan fingerprint density at radius 2 is 2.00 bits per heavy atom. The van der Waals surface area contributed by atoms with Crippen molar-refractivity contribution in [3.8, 4) is 6.07 Å². The highest BCUT2D eigenvalue weighted by Crippen LogP contribution is 2.31. The van der Waals surface area contributed by atoms with Crippen LogP contribution in [0.25, 0.3) is 0 Å². The molecule has 140 valence electrons. The molecule has 0 spiro atoms. The Morgan fingerprint density at radius 1 is 1.07 bits per heavy atom. The molecule has 0 saturated heterocycles. The Hall–Kier alpha value is -3.40. The van der Waals surface area contributed by atoms with Crippen LogP contribution in [0.3, 0.4) is 0 Å². The summed E-state index contributed by atoms with van der Waals surface area (Å²) in [5.41, 5.74) is 5.12. The minimum atomic E-state index is 0.600. The first-order valence-corrected chi connectivity index (χ1v) is 9.61. The molecule has 5 rings (SSSR count). The zero-order chi connectivity index (χ0) is 19.1. The molecule has 2 aliphatic heterocycles. The van der Waals surface area contributed by atoms with Crippen LogP contribution in [0.2, 0.25) is 0 Å². The zero-order valence-electron chi connectivity index (χ0n) is 15.8. The molecule has 5 heterocycles. The second-order valence-corrected chi connectivity index (χ2v) is 7.37. The minimum absolute atomic E-state index is 0.600. The van der Waals surface area contributed by atoms with Crippen molar-refractivity contribution < 1.29 is 0 Å². The van der Waals surface area contributed by atoms with Gasteiger partial charge in [0, 0.05) is 56.9 Å². The average Bonchev–Trinajstić information content (AvgIpc) is 3.22. The SMILES string of the molecule is Cc1cc(C#N)cnc1N1CCc2ncc(N3CCCn4ccnc43)cc2C1. The van der Waals surface area contributed by atoms with E-state index in [-0.39, 0.29) is 0 Å². The third-order valence-electron chi connectivity index (χ3n) is 5.53. The van der Waals surface area contributed by atoms with Crippen molar-refractivity contribution in [2.75, 3.05) is 22.9 Å². The fourth-order valence-electron chi connectivity index (χ4n) is 4.17. The first-order valence-electron chi connectivity index (χ1n) is 9.61. The van der Waals surface area contributed by atoms with Crippen LogP contribution in [0.4, 0.5) is 17.5 Å². The highest BCUT2D eigenvalue weighted by molar-refractivity contribution is 5.60. The van der Waals surface area contributed by atoms with Gasteiger partial charge in [0.05, 0.1) is 17.4 Å². The summed E-state index contributed by atoms with van der Waals surface area (Å²) >= 11 is 0. The van der Waals surface area contributed by atoms with Gasteiger partial charge in [0.15, 0.2) is 0 Å². The molecule has 0 bridgehead atoms. The molecule has 0 N–H and O–H groups in total. The first kappa shape index (κ1) is 16.8. The highest BCUT2D eigenvalue weighted by Gasteiger charge is 2.24. The van der Waals surface area contributed by atoms with E-state index in [1.807, 2.05) is 31.6 Å². The van der Waals surface area contributed by atoms with Gasteiger partial charge in [0.25, 0.3) is 0 Å². The molecule has 7 nitrogen and oxygen atoms in total. The maximum Gasteiger partial charge on any atom is 0.210 e. The van der Waals surface area contributed by atoms with Gasteiger partial charge in [0.2, 0.25) is 5.95 Å². The number of aryl methyl sites for hydroxylation is 2. The van der Waals surface area contributed by atoms with Gasteiger partial charge in [-0.2, -0.15) is 5.26 Å². The third kappa shape index (κ3) is 2.78. The number of rotatable bonds is 2. The summed E-state index contributed by atoms with van der Waals surface area (Å²) in [5.74, 6) is 1.94. The van der Waals surface area contributed by atoms with Crippen LogP contribution in [0, 0.1) is 18.3 Å². The Bertz CT molecular complexity index is 1080. The van der Waals surface area contributed by atoms with Crippen molar-refractivity contribution >= 4 is 17.5 Å². The number of pyridine rings is 2. The molecule has 0 saturated carbocycles. The molecule has 0 fully saturated rings. The molecule has 3 aromatic heterocycles. The molecule has 3 aromatic rings. The summed E-state index contributed by atoms with van der Waals surface area (Å²) in [5, 5.41) is 9.08. The van der Waals surface area contributed by atoms with Crippen molar-refractivity contribution in [1.82, 2.24) is 19.5 Å². The molecule has 0 aromatic carbocycles. The van der Waals surface area contributed by atoms with Gasteiger partial charge >= 0.3 is 0 Å². The lowest BCUT2D eigenvalue weighted by molar-refractivity contribution is 0.590. The van der Waals surface area contributed by atoms with E-state index in [2.05, 4.69) is 36.5 Å². The Morgan fingerprint density at radius 3 is 2.86 bits per heavy atom. The maximum atomic E-state index is 9.08. The second-order valence-electron chi connectivity index (χ2n) is 7.37. The predicted molar refractivity (Wildman–Crippen MR) is 107 cm³/mol. The normalized spacial score (nSPS) is 15.7. The summed E-state index contributed by atoms with van der Waals surface area (Å²) < 4.78 is 2.19. The molecule has 0 amide bonds. The third-order valence-corrected chi connectivity index (χ3v) is 5.53. The second kappa shape index (κ2) is 6.64. The number of anilines is 3. The van der Waals surface area contributed by atoms with Crippen LogP contribution in [0.1, 0.15) is 28.8 Å². The lowest BCUT2D eigenvalue weighted by Crippen LogP contribution is -2.33. The van der Waals surface area contributed by atoms with E-state index < -0.39 is 0 Å². The van der Waals surface area contributed by atoms with Gasteiger partial charge in [-0.1, -0.05) is 0 Å². The average molecular weight is 371 g/mol. The van der Waals surface area contributed by atoms with E-state index in [4.69, 9.17) is 10.2 Å². The molecular formula is C21H21N7. The van der Waals surface area contributed by atoms with Gasteiger partial charge < -0.3 is 14.4 Å². The van der Waals surface area contributed by atoms with Crippen LogP contribution in [-0.4, -0.2) is 32.6 Å². The summed E-state index contributed by atoms with van der Waals surface area (Å²) in [4.78, 5) is 18.4. The van der Waals surface area contributed by atoms with Crippen LogP contribution in [0.5, 0.6) is 0 Å². The Kier molecular flexibility index (Phi) is 3.97. The smallest absolute Gasteiger partial charge is 0.210 e. The molecular weight excluding hydrogens is 350 g/mol. The number of hydrogen-bond acceptors (Lipinski definition) is 6. The highest BCUT2D eigenvalue weighted by atomic mass is 15.3. The van der Waals surface area contributed by atoms with Gasteiger partial charge in [0.1, 0.15) is 11.9 Å². The lowest BCUT2D eigenvalue weighted by atomic mass is 10.0. The van der Waals surface area contributed by atoms with Crippen LogP contribution >= 0.6 is 0 Å². The number of imidazole rings is 1. The number of fused-ring (bicyclic) bond motifs is 2. The first-order chi connectivity index (χ1) is 13.7. The molecule has 0 radical (unpaired) electrons. The van der Waals surface area contributed by atoms with E-state index in [1.165, 1.54) is 5.56 Å². The van der Waals surface area contributed by atoms with E-state index in [1.54, 1.807) is 6.20 Å². The molecule has 0 atom stereocenters. The zero-order valence-corrected chi connectivity index (χ0v) is 15.8. The lowest BCUT2D eigenvalue weighted by Gasteiger charge is -2.32. The van der Waals surface area contributed by atoms with Crippen molar-refractivity contribution in [3.63, 3.8) is 0 Å². The maximum absolute atomic E-state index is 9.08. The summed E-state index contributed by atoms with van der Waals surface area (Å²) in [6, 6.07) is 6.31. The van der Waals surface area contributed by atoms with Gasteiger partial charge in [-0.3, -0.25) is 4.98 Å². The van der Waals surface area contributed by atoms with Crippen molar-refractivity contribution in [2.24, 2.45) is 0 Å². The fraction of sp³-hybridized carbons (Fsp3) is 0.333. The molecule has 0 aliphatic carbocycles. The molecule has 7 heteroatoms. The number of nitriles is 1. The van der Waals surface area contributed by atoms with Crippen LogP contribution < -0.4 is 9.80 Å². The van der Waals surface area contributed by atoms with E-state index in [0.717, 1.165) is 67.7 Å². The fourth-order valence-corrected chi connectivity index (χ4v) is 4.17. The topological polar surface area (TPSA) is 73.9 Å². The standard InChI is InChI=1S/C21H21N7/c1-15-9-16(11-22)12-25-20(15)27-7-3-19-17(14-27)10-18(13-24-19)28-6-2-5-26-8-4-23-21(26)28/h4,8-10,12-13H,2-3,5-7,14H2,1H3. The number of nitrogens with zero attached hydrogens (tertiary/aromatic N) is 7. The van der Waals surface area contributed by atoms with Crippen molar-refractivity contribution in [3.05, 3.63) is 59.3 Å². The predicted octanol–water partition coefficient (Wildman–Crippen LogP) is 2.96. The van der Waals surface area contributed by atoms with Crippen LogP contribution in [-0.2, 0) is 19.5 Å². The Labute approximate surface area is 163 Å². The minimum Gasteiger partial charge on any atom is -0.352 e. The Balaban J connectivity index is 1.45. The van der Waals surface area contributed by atoms with E-state index in [0.29, 0.717) is 5.56 Å². The molecule has 28 heavy (non-hydrogen) atoms. The van der Waals surface area contributed by atoms with Gasteiger partial charge in [-0.25, -0.2) is 9.97 Å². The summed E-state index contributed by atoms with van der Waals surface area (Å²) in [6.07, 6.45) is 9.52. The summed E-state index contributed by atoms with van der Waals surface area (Å²) in [7, 11) is 0. The van der Waals surface area contributed by atoms with Gasteiger partial charge in [-0.15, -0.1) is 0 Å². The van der Waals surface area contributed by atoms with Crippen molar-refractivity contribution in [1.29, 1.82) is 5.26 Å². The monoisotopic (exact) mass is 371 g/mol. The van der Waals surface area contributed by atoms with Crippen LogP contribution in [0.15, 0.2) is 36.9 Å². The van der Waals surface area contributed by atoms with E-state index >= 15 is 0 Å². The van der Waals surface area contributed by atoms with Crippen molar-refractivity contribution in [2.45, 2.75) is 32.9 Å². The largest absolute Gasteiger partial charge is 0.352 e. The number of aromatic nitrogens is 4.